The molecular formula is C21H19F3N4O4. The second-order valence-corrected chi connectivity index (χ2v) is 6.93. The SMILES string of the molecule is COC(=O)c1c(CC(=O)Nc2cc(C(F)(F)F)ccc2-n2cccn2)[nH]c(C(C)=O)c1C. The summed E-state index contributed by atoms with van der Waals surface area (Å²) in [7, 11) is 1.16. The molecule has 0 aliphatic rings. The van der Waals surface area contributed by atoms with Crippen molar-refractivity contribution < 1.29 is 32.3 Å². The number of nitrogens with zero attached hydrogens (tertiary/aromatic N) is 2. The second-order valence-electron chi connectivity index (χ2n) is 6.93. The minimum atomic E-state index is -4.62. The molecule has 1 aromatic carbocycles. The van der Waals surface area contributed by atoms with E-state index in [0.29, 0.717) is 5.56 Å². The lowest BCUT2D eigenvalue weighted by Crippen LogP contribution is -2.19. The van der Waals surface area contributed by atoms with E-state index >= 15 is 0 Å². The van der Waals surface area contributed by atoms with Crippen molar-refractivity contribution in [2.75, 3.05) is 12.4 Å². The predicted octanol–water partition coefficient (Wildman–Crippen LogP) is 3.70. The number of esters is 1. The highest BCUT2D eigenvalue weighted by molar-refractivity contribution is 6.02. The van der Waals surface area contributed by atoms with Gasteiger partial charge in [-0.15, -0.1) is 0 Å². The number of Topliss-reactive ketones (excluding diaryl/α,β-unsaturated/α-hetero) is 1. The van der Waals surface area contributed by atoms with Gasteiger partial charge in [-0.1, -0.05) is 0 Å². The molecule has 3 rings (SSSR count). The molecule has 0 saturated carbocycles. The first-order chi connectivity index (χ1) is 15.0. The molecule has 8 nitrogen and oxygen atoms in total. The monoisotopic (exact) mass is 448 g/mol. The van der Waals surface area contributed by atoms with Crippen molar-refractivity contribution in [1.29, 1.82) is 0 Å². The van der Waals surface area contributed by atoms with Crippen LogP contribution in [0.5, 0.6) is 0 Å². The van der Waals surface area contributed by atoms with Crippen LogP contribution >= 0.6 is 0 Å². The molecule has 2 aromatic heterocycles. The van der Waals surface area contributed by atoms with Crippen molar-refractivity contribution in [3.8, 4) is 5.69 Å². The van der Waals surface area contributed by atoms with Gasteiger partial charge in [-0.05, 0) is 36.8 Å². The molecule has 0 unspecified atom stereocenters. The molecule has 32 heavy (non-hydrogen) atoms. The van der Waals surface area contributed by atoms with E-state index in [9.17, 15) is 27.6 Å². The molecule has 2 N–H and O–H groups in total. The summed E-state index contributed by atoms with van der Waals surface area (Å²) in [5, 5.41) is 6.44. The Balaban J connectivity index is 1.97. The Morgan fingerprint density at radius 2 is 1.97 bits per heavy atom. The number of hydrogen-bond acceptors (Lipinski definition) is 5. The minimum Gasteiger partial charge on any atom is -0.465 e. The molecule has 3 aromatic rings. The highest BCUT2D eigenvalue weighted by Crippen LogP contribution is 2.33. The summed E-state index contributed by atoms with van der Waals surface area (Å²) >= 11 is 0. The number of carbonyl (C=O) groups excluding carboxylic acids is 3. The fraction of sp³-hybridized carbons (Fsp3) is 0.238. The number of amides is 1. The first-order valence-corrected chi connectivity index (χ1v) is 9.34. The molecule has 0 fully saturated rings. The number of aromatic amines is 1. The van der Waals surface area contributed by atoms with E-state index in [4.69, 9.17) is 4.74 Å². The fourth-order valence-corrected chi connectivity index (χ4v) is 3.30. The number of rotatable bonds is 6. The number of hydrogen-bond donors (Lipinski definition) is 2. The van der Waals surface area contributed by atoms with Crippen LogP contribution in [0.4, 0.5) is 18.9 Å². The summed E-state index contributed by atoms with van der Waals surface area (Å²) < 4.78 is 45.7. The Morgan fingerprint density at radius 1 is 1.25 bits per heavy atom. The van der Waals surface area contributed by atoms with Gasteiger partial charge in [-0.3, -0.25) is 9.59 Å². The lowest BCUT2D eigenvalue weighted by Gasteiger charge is -2.15. The Bertz CT molecular complexity index is 1180. The number of anilines is 1. The fourth-order valence-electron chi connectivity index (χ4n) is 3.30. The van der Waals surface area contributed by atoms with E-state index in [-0.39, 0.29) is 34.1 Å². The first-order valence-electron chi connectivity index (χ1n) is 9.34. The molecule has 2 heterocycles. The maximum atomic E-state index is 13.2. The smallest absolute Gasteiger partial charge is 0.416 e. The summed E-state index contributed by atoms with van der Waals surface area (Å²) in [4.78, 5) is 39.5. The third-order valence-corrected chi connectivity index (χ3v) is 4.76. The number of methoxy groups -OCH3 is 1. The van der Waals surface area contributed by atoms with Crippen LogP contribution in [-0.2, 0) is 22.1 Å². The summed E-state index contributed by atoms with van der Waals surface area (Å²) in [5.74, 6) is -1.80. The minimum absolute atomic E-state index is 0.0317. The zero-order valence-electron chi connectivity index (χ0n) is 17.3. The number of carbonyl (C=O) groups is 3. The van der Waals surface area contributed by atoms with E-state index in [1.165, 1.54) is 37.0 Å². The number of H-pyrrole nitrogens is 1. The third kappa shape index (κ3) is 4.56. The molecular weight excluding hydrogens is 429 g/mol. The van der Waals surface area contributed by atoms with Crippen molar-refractivity contribution in [2.24, 2.45) is 0 Å². The van der Waals surface area contributed by atoms with Gasteiger partial charge in [0.25, 0.3) is 0 Å². The largest absolute Gasteiger partial charge is 0.465 e. The van der Waals surface area contributed by atoms with Crippen LogP contribution < -0.4 is 5.32 Å². The van der Waals surface area contributed by atoms with Gasteiger partial charge in [0.15, 0.2) is 5.78 Å². The van der Waals surface area contributed by atoms with Crippen LogP contribution in [-0.4, -0.2) is 39.5 Å². The molecule has 0 aliphatic heterocycles. The van der Waals surface area contributed by atoms with E-state index in [1.54, 1.807) is 6.07 Å². The number of nitrogens with one attached hydrogen (secondary N) is 2. The van der Waals surface area contributed by atoms with E-state index < -0.39 is 30.0 Å². The summed E-state index contributed by atoms with van der Waals surface area (Å²) in [6, 6.07) is 4.46. The van der Waals surface area contributed by atoms with Gasteiger partial charge in [0.2, 0.25) is 5.91 Å². The molecule has 0 aliphatic carbocycles. The standard InChI is InChI=1S/C21H19F3N4O4/c1-11-18(20(31)32-3)15(27-19(11)12(2)29)10-17(30)26-14-9-13(21(22,23)24)5-6-16(14)28-8-4-7-25-28/h4-9,27H,10H2,1-3H3,(H,26,30). The summed E-state index contributed by atoms with van der Waals surface area (Å²) in [6.45, 7) is 2.83. The molecule has 1 amide bonds. The number of halogens is 3. The van der Waals surface area contributed by atoms with Gasteiger partial charge in [0, 0.05) is 25.0 Å². The molecule has 11 heteroatoms. The average molecular weight is 448 g/mol. The van der Waals surface area contributed by atoms with E-state index in [0.717, 1.165) is 19.2 Å². The maximum absolute atomic E-state index is 13.2. The van der Waals surface area contributed by atoms with E-state index in [2.05, 4.69) is 15.4 Å². The maximum Gasteiger partial charge on any atom is 0.416 e. The van der Waals surface area contributed by atoms with Crippen LogP contribution in [0, 0.1) is 6.92 Å². The Morgan fingerprint density at radius 3 is 2.53 bits per heavy atom. The van der Waals surface area contributed by atoms with Crippen LogP contribution in [0.1, 0.15) is 44.6 Å². The number of ether oxygens (including phenoxy) is 1. The molecule has 0 atom stereocenters. The van der Waals surface area contributed by atoms with Gasteiger partial charge >= 0.3 is 12.1 Å². The van der Waals surface area contributed by atoms with Gasteiger partial charge < -0.3 is 15.0 Å². The molecule has 168 valence electrons. The number of ketones is 1. The zero-order valence-corrected chi connectivity index (χ0v) is 17.3. The molecule has 0 spiro atoms. The van der Waals surface area contributed by atoms with Gasteiger partial charge in [0.05, 0.1) is 41.7 Å². The highest BCUT2D eigenvalue weighted by atomic mass is 19.4. The van der Waals surface area contributed by atoms with Crippen molar-refractivity contribution in [2.45, 2.75) is 26.4 Å². The van der Waals surface area contributed by atoms with Crippen molar-refractivity contribution in [1.82, 2.24) is 14.8 Å². The second kappa shape index (κ2) is 8.69. The first kappa shape index (κ1) is 22.8. The number of aromatic nitrogens is 3. The normalized spacial score (nSPS) is 11.3. The van der Waals surface area contributed by atoms with Crippen LogP contribution in [0.2, 0.25) is 0 Å². The third-order valence-electron chi connectivity index (χ3n) is 4.76. The van der Waals surface area contributed by atoms with Gasteiger partial charge in [-0.2, -0.15) is 18.3 Å². The van der Waals surface area contributed by atoms with Gasteiger partial charge in [-0.25, -0.2) is 9.48 Å². The van der Waals surface area contributed by atoms with Crippen LogP contribution in [0.25, 0.3) is 5.69 Å². The molecule has 0 bridgehead atoms. The molecule has 0 radical (unpaired) electrons. The van der Waals surface area contributed by atoms with Gasteiger partial charge in [0.1, 0.15) is 0 Å². The van der Waals surface area contributed by atoms with Crippen molar-refractivity contribution in [3.63, 3.8) is 0 Å². The topological polar surface area (TPSA) is 106 Å². The number of alkyl halides is 3. The lowest BCUT2D eigenvalue weighted by atomic mass is 10.1. The summed E-state index contributed by atoms with van der Waals surface area (Å²) in [5.41, 5.74) is -0.241. The molecule has 0 saturated heterocycles. The number of benzene rings is 1. The van der Waals surface area contributed by atoms with E-state index in [1.807, 2.05) is 0 Å². The highest BCUT2D eigenvalue weighted by Gasteiger charge is 2.31. The Kier molecular flexibility index (Phi) is 6.19. The van der Waals surface area contributed by atoms with Crippen molar-refractivity contribution >= 4 is 23.3 Å². The quantitative estimate of drug-likeness (QED) is 0.442. The van der Waals surface area contributed by atoms with Crippen LogP contribution in [0.15, 0.2) is 36.7 Å². The lowest BCUT2D eigenvalue weighted by molar-refractivity contribution is -0.137. The predicted molar refractivity (Wildman–Crippen MR) is 108 cm³/mol. The van der Waals surface area contributed by atoms with Crippen LogP contribution in [0.3, 0.4) is 0 Å². The summed E-state index contributed by atoms with van der Waals surface area (Å²) in [6.07, 6.45) is -2.07. The Hall–Kier alpha value is -3.89. The Labute approximate surface area is 180 Å². The average Bonchev–Trinajstić information content (AvgIpc) is 3.35. The zero-order chi connectivity index (χ0) is 23.6. The van der Waals surface area contributed by atoms with Crippen molar-refractivity contribution in [3.05, 3.63) is 64.7 Å².